The van der Waals surface area contributed by atoms with E-state index in [1.165, 1.54) is 19.2 Å². The van der Waals surface area contributed by atoms with Gasteiger partial charge in [-0.25, -0.2) is 4.39 Å². The van der Waals surface area contributed by atoms with Gasteiger partial charge in [-0.2, -0.15) is 0 Å². The minimum Gasteiger partial charge on any atom is -0.496 e. The highest BCUT2D eigenvalue weighted by Gasteiger charge is 2.03. The van der Waals surface area contributed by atoms with Crippen molar-refractivity contribution in [1.29, 1.82) is 0 Å². The van der Waals surface area contributed by atoms with Crippen LogP contribution in [0.3, 0.4) is 0 Å². The lowest BCUT2D eigenvalue weighted by Crippen LogP contribution is -1.94. The van der Waals surface area contributed by atoms with Gasteiger partial charge in [-0.3, -0.25) is 4.39 Å². The van der Waals surface area contributed by atoms with E-state index < -0.39 is 0 Å². The van der Waals surface area contributed by atoms with Crippen LogP contribution in [0.2, 0.25) is 0 Å². The summed E-state index contributed by atoms with van der Waals surface area (Å²) in [5.74, 6) is 0.310. The number of hydrogen-bond acceptors (Lipinski definition) is 1. The van der Waals surface area contributed by atoms with E-state index in [0.29, 0.717) is 18.6 Å². The summed E-state index contributed by atoms with van der Waals surface area (Å²) in [7, 11) is 1.52. The van der Waals surface area contributed by atoms with Crippen LogP contribution in [-0.2, 0) is 6.42 Å². The fraction of sp³-hybridized carbons (Fsp3) is 0.400. The van der Waals surface area contributed by atoms with Gasteiger partial charge in [0.05, 0.1) is 13.8 Å². The number of hydrogen-bond donors (Lipinski definition) is 0. The summed E-state index contributed by atoms with van der Waals surface area (Å²) in [5.41, 5.74) is 0.722. The van der Waals surface area contributed by atoms with Gasteiger partial charge in [0.2, 0.25) is 0 Å². The van der Waals surface area contributed by atoms with Crippen LogP contribution >= 0.6 is 0 Å². The van der Waals surface area contributed by atoms with Gasteiger partial charge in [-0.05, 0) is 36.6 Å². The molecule has 72 valence electrons. The summed E-state index contributed by atoms with van der Waals surface area (Å²) in [4.78, 5) is 0. The Hall–Kier alpha value is -1.12. The maximum atomic E-state index is 12.8. The molecule has 0 aliphatic heterocycles. The SMILES string of the molecule is COc1ccc(F)cc1CCCF. The molecule has 0 saturated carbocycles. The molecule has 0 spiro atoms. The smallest absolute Gasteiger partial charge is 0.123 e. The summed E-state index contributed by atoms with van der Waals surface area (Å²) >= 11 is 0. The molecule has 13 heavy (non-hydrogen) atoms. The van der Waals surface area contributed by atoms with Crippen molar-refractivity contribution in [3.8, 4) is 5.75 Å². The maximum absolute atomic E-state index is 12.8. The predicted octanol–water partition coefficient (Wildman–Crippen LogP) is 2.74. The fourth-order valence-electron chi connectivity index (χ4n) is 1.20. The first-order valence-electron chi connectivity index (χ1n) is 4.16. The number of methoxy groups -OCH3 is 1. The first kappa shape index (κ1) is 9.96. The van der Waals surface area contributed by atoms with Crippen molar-refractivity contribution >= 4 is 0 Å². The molecule has 0 amide bonds. The van der Waals surface area contributed by atoms with Crippen LogP contribution in [0, 0.1) is 5.82 Å². The van der Waals surface area contributed by atoms with E-state index in [9.17, 15) is 8.78 Å². The average molecular weight is 186 g/mol. The van der Waals surface area contributed by atoms with E-state index in [1.54, 1.807) is 6.07 Å². The highest BCUT2D eigenvalue weighted by molar-refractivity contribution is 5.33. The molecule has 0 atom stereocenters. The summed E-state index contributed by atoms with van der Waals surface area (Å²) in [6.07, 6.45) is 0.914. The van der Waals surface area contributed by atoms with Crippen molar-refractivity contribution in [2.75, 3.05) is 13.8 Å². The topological polar surface area (TPSA) is 9.23 Å². The van der Waals surface area contributed by atoms with Gasteiger partial charge in [-0.1, -0.05) is 0 Å². The largest absolute Gasteiger partial charge is 0.496 e. The van der Waals surface area contributed by atoms with Crippen molar-refractivity contribution < 1.29 is 13.5 Å². The second-order valence-corrected chi connectivity index (χ2v) is 2.75. The number of aryl methyl sites for hydroxylation is 1. The van der Waals surface area contributed by atoms with Crippen LogP contribution < -0.4 is 4.74 Å². The molecule has 0 bridgehead atoms. The molecule has 0 N–H and O–H groups in total. The quantitative estimate of drug-likeness (QED) is 0.702. The molecular weight excluding hydrogens is 174 g/mol. The molecule has 0 radical (unpaired) electrons. The maximum Gasteiger partial charge on any atom is 0.123 e. The lowest BCUT2D eigenvalue weighted by molar-refractivity contribution is 0.404. The van der Waals surface area contributed by atoms with Crippen molar-refractivity contribution in [1.82, 2.24) is 0 Å². The number of halogens is 2. The molecule has 0 aliphatic carbocycles. The van der Waals surface area contributed by atoms with Crippen LogP contribution in [0.25, 0.3) is 0 Å². The number of rotatable bonds is 4. The Morgan fingerprint density at radius 2 is 2.15 bits per heavy atom. The molecule has 0 saturated heterocycles. The first-order valence-corrected chi connectivity index (χ1v) is 4.16. The zero-order chi connectivity index (χ0) is 9.68. The van der Waals surface area contributed by atoms with Crippen LogP contribution in [0.4, 0.5) is 8.78 Å². The number of benzene rings is 1. The van der Waals surface area contributed by atoms with E-state index in [2.05, 4.69) is 0 Å². The predicted molar refractivity (Wildman–Crippen MR) is 47.2 cm³/mol. The third-order valence-corrected chi connectivity index (χ3v) is 1.82. The summed E-state index contributed by atoms with van der Waals surface area (Å²) in [6, 6.07) is 4.27. The molecule has 1 aromatic rings. The van der Waals surface area contributed by atoms with Crippen LogP contribution in [0.1, 0.15) is 12.0 Å². The Morgan fingerprint density at radius 1 is 1.38 bits per heavy atom. The molecule has 0 aromatic heterocycles. The summed E-state index contributed by atoms with van der Waals surface area (Å²) in [6.45, 7) is -0.389. The van der Waals surface area contributed by atoms with Gasteiger partial charge in [0.25, 0.3) is 0 Å². The molecular formula is C10H12F2O. The van der Waals surface area contributed by atoms with E-state index in [-0.39, 0.29) is 12.5 Å². The Kier molecular flexibility index (Phi) is 3.68. The minimum atomic E-state index is -0.389. The van der Waals surface area contributed by atoms with Gasteiger partial charge >= 0.3 is 0 Å². The molecule has 1 aromatic carbocycles. The highest BCUT2D eigenvalue weighted by Crippen LogP contribution is 2.20. The van der Waals surface area contributed by atoms with Crippen molar-refractivity contribution in [2.45, 2.75) is 12.8 Å². The molecule has 3 heteroatoms. The zero-order valence-corrected chi connectivity index (χ0v) is 7.52. The molecule has 0 heterocycles. The number of alkyl halides is 1. The molecule has 1 rings (SSSR count). The van der Waals surface area contributed by atoms with Gasteiger partial charge in [0.1, 0.15) is 11.6 Å². The van der Waals surface area contributed by atoms with Crippen LogP contribution in [0.5, 0.6) is 5.75 Å². The van der Waals surface area contributed by atoms with E-state index >= 15 is 0 Å². The van der Waals surface area contributed by atoms with Gasteiger partial charge in [-0.15, -0.1) is 0 Å². The van der Waals surface area contributed by atoms with Crippen LogP contribution in [0.15, 0.2) is 18.2 Å². The van der Waals surface area contributed by atoms with Crippen molar-refractivity contribution in [2.24, 2.45) is 0 Å². The monoisotopic (exact) mass is 186 g/mol. The molecule has 0 fully saturated rings. The Morgan fingerprint density at radius 3 is 2.77 bits per heavy atom. The fourth-order valence-corrected chi connectivity index (χ4v) is 1.20. The van der Waals surface area contributed by atoms with Crippen molar-refractivity contribution in [3.05, 3.63) is 29.6 Å². The Labute approximate surface area is 76.3 Å². The molecule has 1 nitrogen and oxygen atoms in total. The third kappa shape index (κ3) is 2.68. The van der Waals surface area contributed by atoms with E-state index in [0.717, 1.165) is 5.56 Å². The van der Waals surface area contributed by atoms with Gasteiger partial charge in [0.15, 0.2) is 0 Å². The molecule has 0 unspecified atom stereocenters. The van der Waals surface area contributed by atoms with E-state index in [4.69, 9.17) is 4.74 Å². The standard InChI is InChI=1S/C10H12F2O/c1-13-10-5-4-9(12)7-8(10)3-2-6-11/h4-5,7H,2-3,6H2,1H3. The lowest BCUT2D eigenvalue weighted by atomic mass is 10.1. The van der Waals surface area contributed by atoms with Gasteiger partial charge in [0, 0.05) is 0 Å². The second-order valence-electron chi connectivity index (χ2n) is 2.75. The minimum absolute atomic E-state index is 0.311. The first-order chi connectivity index (χ1) is 6.27. The average Bonchev–Trinajstić information content (AvgIpc) is 2.15. The lowest BCUT2D eigenvalue weighted by Gasteiger charge is -2.06. The summed E-state index contributed by atoms with van der Waals surface area (Å²) in [5, 5.41) is 0. The Balaban J connectivity index is 2.81. The molecule has 0 aliphatic rings. The second kappa shape index (κ2) is 4.80. The van der Waals surface area contributed by atoms with E-state index in [1.807, 2.05) is 0 Å². The van der Waals surface area contributed by atoms with Crippen molar-refractivity contribution in [3.63, 3.8) is 0 Å². The van der Waals surface area contributed by atoms with Crippen LogP contribution in [-0.4, -0.2) is 13.8 Å². The normalized spacial score (nSPS) is 10.1. The zero-order valence-electron chi connectivity index (χ0n) is 7.52. The number of ether oxygens (including phenoxy) is 1. The summed E-state index contributed by atoms with van der Waals surface area (Å²) < 4.78 is 29.7. The Bertz CT molecular complexity index is 274. The highest BCUT2D eigenvalue weighted by atomic mass is 19.1. The van der Waals surface area contributed by atoms with Gasteiger partial charge < -0.3 is 4.74 Å². The third-order valence-electron chi connectivity index (χ3n) is 1.82.